The number of thiazole rings is 1. The predicted octanol–water partition coefficient (Wildman–Crippen LogP) is 3.80. The summed E-state index contributed by atoms with van der Waals surface area (Å²) in [7, 11) is 4.57. The van der Waals surface area contributed by atoms with Gasteiger partial charge in [0.05, 0.1) is 21.3 Å². The van der Waals surface area contributed by atoms with Crippen LogP contribution in [0.3, 0.4) is 0 Å². The van der Waals surface area contributed by atoms with Gasteiger partial charge in [-0.3, -0.25) is 15.0 Å². The van der Waals surface area contributed by atoms with Crippen LogP contribution in [0.25, 0.3) is 0 Å². The largest absolute Gasteiger partial charge is 0.493 e. The fourth-order valence-electron chi connectivity index (χ4n) is 3.41. The van der Waals surface area contributed by atoms with Gasteiger partial charge in [-0.25, -0.2) is 4.98 Å². The number of nitrogens with one attached hydrogen (secondary N) is 1. The Bertz CT molecular complexity index is 799. The number of hydrogen-bond donors (Lipinski definition) is 1. The molecule has 0 saturated carbocycles. The fourth-order valence-corrected chi connectivity index (χ4v) is 4.25. The van der Waals surface area contributed by atoms with Crippen molar-refractivity contribution in [1.82, 2.24) is 9.88 Å². The molecule has 2 aromatic rings. The van der Waals surface area contributed by atoms with Gasteiger partial charge in [0.25, 0.3) is 5.91 Å². The lowest BCUT2D eigenvalue weighted by atomic mass is 10.0. The zero-order chi connectivity index (χ0) is 20.1. The van der Waals surface area contributed by atoms with Crippen molar-refractivity contribution in [2.75, 3.05) is 33.2 Å². The third-order valence-electron chi connectivity index (χ3n) is 5.00. The van der Waals surface area contributed by atoms with Crippen LogP contribution in [0.15, 0.2) is 18.3 Å². The third kappa shape index (κ3) is 4.56. The molecule has 1 N–H and O–H groups in total. The van der Waals surface area contributed by atoms with Crippen molar-refractivity contribution >= 4 is 22.4 Å². The molecule has 0 radical (unpaired) electrons. The normalized spacial score (nSPS) is 17.2. The number of amides is 1. The Morgan fingerprint density at radius 2 is 1.93 bits per heavy atom. The molecule has 1 aliphatic heterocycles. The second kappa shape index (κ2) is 9.25. The molecule has 1 atom stereocenters. The van der Waals surface area contributed by atoms with Crippen LogP contribution in [0.1, 0.15) is 41.4 Å². The highest BCUT2D eigenvalue weighted by atomic mass is 32.1. The predicted molar refractivity (Wildman–Crippen MR) is 110 cm³/mol. The molecule has 2 heterocycles. The van der Waals surface area contributed by atoms with Gasteiger partial charge in [0.15, 0.2) is 16.6 Å². The molecule has 1 aromatic heterocycles. The van der Waals surface area contributed by atoms with Crippen molar-refractivity contribution < 1.29 is 19.0 Å². The highest BCUT2D eigenvalue weighted by Crippen LogP contribution is 2.38. The topological polar surface area (TPSA) is 72.9 Å². The van der Waals surface area contributed by atoms with Gasteiger partial charge in [-0.1, -0.05) is 6.42 Å². The number of anilines is 1. The number of ether oxygens (including phenoxy) is 3. The molecule has 1 amide bonds. The van der Waals surface area contributed by atoms with E-state index < -0.39 is 0 Å². The van der Waals surface area contributed by atoms with Crippen LogP contribution in [0.2, 0.25) is 0 Å². The van der Waals surface area contributed by atoms with Crippen molar-refractivity contribution in [1.29, 1.82) is 0 Å². The SMILES string of the molecule is COc1cc(C(=O)Nc2ncc(CN3CCCCC3C)s2)cc(OC)c1OC. The van der Waals surface area contributed by atoms with Crippen molar-refractivity contribution in [3.05, 3.63) is 28.8 Å². The number of benzene rings is 1. The number of carbonyl (C=O) groups excluding carboxylic acids is 1. The maximum atomic E-state index is 12.7. The van der Waals surface area contributed by atoms with Gasteiger partial charge in [0.2, 0.25) is 5.75 Å². The summed E-state index contributed by atoms with van der Waals surface area (Å²) in [6.07, 6.45) is 5.63. The van der Waals surface area contributed by atoms with Crippen LogP contribution in [0, 0.1) is 0 Å². The molecule has 0 bridgehead atoms. The molecule has 1 saturated heterocycles. The maximum Gasteiger partial charge on any atom is 0.257 e. The van der Waals surface area contributed by atoms with E-state index in [4.69, 9.17) is 14.2 Å². The lowest BCUT2D eigenvalue weighted by Crippen LogP contribution is -2.36. The molecule has 7 nitrogen and oxygen atoms in total. The molecule has 152 valence electrons. The number of likely N-dealkylation sites (tertiary alicyclic amines) is 1. The molecule has 3 rings (SSSR count). The summed E-state index contributed by atoms with van der Waals surface area (Å²) >= 11 is 1.51. The van der Waals surface area contributed by atoms with Crippen LogP contribution in [0.5, 0.6) is 17.2 Å². The highest BCUT2D eigenvalue weighted by Gasteiger charge is 2.20. The summed E-state index contributed by atoms with van der Waals surface area (Å²) in [6.45, 7) is 4.26. The first-order valence-corrected chi connectivity index (χ1v) is 10.2. The number of nitrogens with zero attached hydrogens (tertiary/aromatic N) is 2. The van der Waals surface area contributed by atoms with Gasteiger partial charge < -0.3 is 14.2 Å². The number of rotatable bonds is 7. The summed E-state index contributed by atoms with van der Waals surface area (Å²) in [6, 6.07) is 3.84. The van der Waals surface area contributed by atoms with Gasteiger partial charge in [-0.2, -0.15) is 0 Å². The van der Waals surface area contributed by atoms with E-state index in [9.17, 15) is 4.79 Å². The van der Waals surface area contributed by atoms with Crippen LogP contribution in [-0.4, -0.2) is 49.7 Å². The number of hydrogen-bond acceptors (Lipinski definition) is 7. The molecule has 8 heteroatoms. The van der Waals surface area contributed by atoms with E-state index >= 15 is 0 Å². The number of piperidine rings is 1. The van der Waals surface area contributed by atoms with Crippen LogP contribution >= 0.6 is 11.3 Å². The molecule has 1 fully saturated rings. The van der Waals surface area contributed by atoms with Gasteiger partial charge >= 0.3 is 0 Å². The van der Waals surface area contributed by atoms with Crippen molar-refractivity contribution in [2.45, 2.75) is 38.8 Å². The number of carbonyl (C=O) groups is 1. The Kier molecular flexibility index (Phi) is 6.74. The molecule has 28 heavy (non-hydrogen) atoms. The van der Waals surface area contributed by atoms with Gasteiger partial charge in [0, 0.05) is 29.2 Å². The smallest absolute Gasteiger partial charge is 0.257 e. The zero-order valence-corrected chi connectivity index (χ0v) is 17.6. The first-order chi connectivity index (χ1) is 13.5. The fraction of sp³-hybridized carbons (Fsp3) is 0.500. The van der Waals surface area contributed by atoms with Crippen molar-refractivity contribution in [3.8, 4) is 17.2 Å². The molecule has 1 aromatic carbocycles. The summed E-state index contributed by atoms with van der Waals surface area (Å²) < 4.78 is 15.9. The zero-order valence-electron chi connectivity index (χ0n) is 16.8. The molecule has 0 aliphatic carbocycles. The van der Waals surface area contributed by atoms with Crippen molar-refractivity contribution in [2.24, 2.45) is 0 Å². The molecular formula is C20H27N3O4S. The van der Waals surface area contributed by atoms with E-state index in [0.29, 0.717) is 34.0 Å². The average molecular weight is 406 g/mol. The van der Waals surface area contributed by atoms with Gasteiger partial charge in [-0.05, 0) is 38.4 Å². The lowest BCUT2D eigenvalue weighted by Gasteiger charge is -2.32. The molecule has 1 unspecified atom stereocenters. The summed E-state index contributed by atoms with van der Waals surface area (Å²) in [4.78, 5) is 20.7. The Hall–Kier alpha value is -2.32. The maximum absolute atomic E-state index is 12.7. The first-order valence-electron chi connectivity index (χ1n) is 9.35. The average Bonchev–Trinajstić information content (AvgIpc) is 3.15. The Balaban J connectivity index is 1.70. The van der Waals surface area contributed by atoms with Crippen LogP contribution < -0.4 is 19.5 Å². The van der Waals surface area contributed by atoms with E-state index in [0.717, 1.165) is 18.0 Å². The van der Waals surface area contributed by atoms with E-state index in [-0.39, 0.29) is 5.91 Å². The monoisotopic (exact) mass is 405 g/mol. The molecular weight excluding hydrogens is 378 g/mol. The lowest BCUT2D eigenvalue weighted by molar-refractivity contribution is 0.102. The van der Waals surface area contributed by atoms with E-state index in [1.807, 2.05) is 6.20 Å². The summed E-state index contributed by atoms with van der Waals surface area (Å²) in [5.74, 6) is 1.05. The minimum atomic E-state index is -0.272. The Labute approximate surface area is 169 Å². The second-order valence-corrected chi connectivity index (χ2v) is 7.93. The number of aromatic nitrogens is 1. The van der Waals surface area contributed by atoms with E-state index in [1.165, 1.54) is 51.9 Å². The van der Waals surface area contributed by atoms with Crippen LogP contribution in [-0.2, 0) is 6.54 Å². The quantitative estimate of drug-likeness (QED) is 0.755. The third-order valence-corrected chi connectivity index (χ3v) is 5.90. The minimum absolute atomic E-state index is 0.272. The first kappa shape index (κ1) is 20.4. The van der Waals surface area contributed by atoms with Gasteiger partial charge in [0.1, 0.15) is 0 Å². The van der Waals surface area contributed by atoms with E-state index in [2.05, 4.69) is 22.1 Å². The van der Waals surface area contributed by atoms with E-state index in [1.54, 1.807) is 12.1 Å². The van der Waals surface area contributed by atoms with Crippen LogP contribution in [0.4, 0.5) is 5.13 Å². The van der Waals surface area contributed by atoms with Crippen molar-refractivity contribution in [3.63, 3.8) is 0 Å². The van der Waals surface area contributed by atoms with Gasteiger partial charge in [-0.15, -0.1) is 11.3 Å². The summed E-state index contributed by atoms with van der Waals surface area (Å²) in [5.41, 5.74) is 0.413. The molecule has 1 aliphatic rings. The second-order valence-electron chi connectivity index (χ2n) is 6.82. The Morgan fingerprint density at radius 3 is 2.54 bits per heavy atom. The standard InChI is InChI=1S/C20H27N3O4S/c1-13-7-5-6-8-23(13)12-15-11-21-20(28-15)22-19(24)14-9-16(25-2)18(27-4)17(10-14)26-3/h9-11,13H,5-8,12H2,1-4H3,(H,21,22,24). The Morgan fingerprint density at radius 1 is 1.21 bits per heavy atom. The minimum Gasteiger partial charge on any atom is -0.493 e. The summed E-state index contributed by atoms with van der Waals surface area (Å²) in [5, 5.41) is 3.45. The molecule has 0 spiro atoms. The number of methoxy groups -OCH3 is 3. The highest BCUT2D eigenvalue weighted by molar-refractivity contribution is 7.15.